The number of benzene rings is 2. The van der Waals surface area contributed by atoms with Crippen LogP contribution in [0.5, 0.6) is 0 Å². The monoisotopic (exact) mass is 406 g/mol. The molecule has 1 heterocycles. The SMILES string of the molecule is C[C@@H](C(=O)Nc1ccc(F)cc1)N1CCN(c2ccc(Cl)cc2[N+](=O)[O-])CC1. The minimum atomic E-state index is -0.438. The smallest absolute Gasteiger partial charge is 0.294 e. The fourth-order valence-corrected chi connectivity index (χ4v) is 3.37. The van der Waals surface area contributed by atoms with Gasteiger partial charge in [-0.2, -0.15) is 0 Å². The van der Waals surface area contributed by atoms with E-state index in [9.17, 15) is 19.3 Å². The first kappa shape index (κ1) is 20.0. The van der Waals surface area contributed by atoms with Crippen LogP contribution in [0.25, 0.3) is 0 Å². The maximum atomic E-state index is 13.0. The summed E-state index contributed by atoms with van der Waals surface area (Å²) in [6.45, 7) is 4.07. The van der Waals surface area contributed by atoms with Crippen molar-refractivity contribution in [2.45, 2.75) is 13.0 Å². The van der Waals surface area contributed by atoms with Crippen molar-refractivity contribution >= 4 is 34.6 Å². The van der Waals surface area contributed by atoms with Crippen LogP contribution in [-0.2, 0) is 4.79 Å². The normalized spacial score (nSPS) is 15.9. The average Bonchev–Trinajstić information content (AvgIpc) is 2.69. The van der Waals surface area contributed by atoms with Crippen LogP contribution in [-0.4, -0.2) is 48.0 Å². The van der Waals surface area contributed by atoms with Gasteiger partial charge in [0.15, 0.2) is 0 Å². The molecule has 1 fully saturated rings. The molecular formula is C19H20ClFN4O3. The van der Waals surface area contributed by atoms with E-state index in [4.69, 9.17) is 11.6 Å². The molecule has 0 bridgehead atoms. The topological polar surface area (TPSA) is 78.7 Å². The van der Waals surface area contributed by atoms with Gasteiger partial charge in [-0.1, -0.05) is 11.6 Å². The molecular weight excluding hydrogens is 387 g/mol. The molecule has 2 aromatic rings. The third-order valence-corrected chi connectivity index (χ3v) is 5.06. The molecule has 0 radical (unpaired) electrons. The first-order valence-corrected chi connectivity index (χ1v) is 9.22. The second-order valence-electron chi connectivity index (χ2n) is 6.59. The lowest BCUT2D eigenvalue weighted by atomic mass is 10.1. The Kier molecular flexibility index (Phi) is 6.11. The summed E-state index contributed by atoms with van der Waals surface area (Å²) in [7, 11) is 0. The predicted octanol–water partition coefficient (Wildman–Crippen LogP) is 3.54. The summed E-state index contributed by atoms with van der Waals surface area (Å²) in [5.74, 6) is -0.545. The first-order chi connectivity index (χ1) is 13.3. The van der Waals surface area contributed by atoms with E-state index in [0.29, 0.717) is 42.6 Å². The number of piperazine rings is 1. The Hall–Kier alpha value is -2.71. The van der Waals surface area contributed by atoms with Gasteiger partial charge < -0.3 is 10.2 Å². The Balaban J connectivity index is 1.61. The predicted molar refractivity (Wildman–Crippen MR) is 106 cm³/mol. The minimum absolute atomic E-state index is 0.0250. The Labute approximate surface area is 166 Å². The number of hydrogen-bond donors (Lipinski definition) is 1. The van der Waals surface area contributed by atoms with Crippen molar-refractivity contribution in [2.24, 2.45) is 0 Å². The molecule has 1 atom stereocenters. The van der Waals surface area contributed by atoms with Crippen molar-refractivity contribution in [3.8, 4) is 0 Å². The summed E-state index contributed by atoms with van der Waals surface area (Å²) in [6.07, 6.45) is 0. The molecule has 1 saturated heterocycles. The van der Waals surface area contributed by atoms with Crippen molar-refractivity contribution < 1.29 is 14.1 Å². The summed E-state index contributed by atoms with van der Waals surface area (Å²) in [5, 5.41) is 14.4. The molecule has 3 rings (SSSR count). The Bertz CT molecular complexity index is 870. The van der Waals surface area contributed by atoms with Crippen LogP contribution in [0.15, 0.2) is 42.5 Å². The minimum Gasteiger partial charge on any atom is -0.363 e. The number of carbonyl (C=O) groups excluding carboxylic acids is 1. The van der Waals surface area contributed by atoms with E-state index >= 15 is 0 Å². The molecule has 1 aliphatic rings. The van der Waals surface area contributed by atoms with Crippen LogP contribution in [0.3, 0.4) is 0 Å². The van der Waals surface area contributed by atoms with Crippen LogP contribution >= 0.6 is 11.6 Å². The highest BCUT2D eigenvalue weighted by molar-refractivity contribution is 6.30. The van der Waals surface area contributed by atoms with E-state index in [1.807, 2.05) is 9.80 Å². The summed E-state index contributed by atoms with van der Waals surface area (Å²) < 4.78 is 13.0. The molecule has 148 valence electrons. The Morgan fingerprint density at radius 3 is 2.43 bits per heavy atom. The van der Waals surface area contributed by atoms with Crippen LogP contribution in [0, 0.1) is 15.9 Å². The van der Waals surface area contributed by atoms with Gasteiger partial charge in [-0.25, -0.2) is 4.39 Å². The molecule has 1 aliphatic heterocycles. The van der Waals surface area contributed by atoms with Crippen molar-refractivity contribution in [3.05, 3.63) is 63.4 Å². The van der Waals surface area contributed by atoms with E-state index in [0.717, 1.165) is 0 Å². The van der Waals surface area contributed by atoms with Gasteiger partial charge in [-0.3, -0.25) is 19.8 Å². The third kappa shape index (κ3) is 4.58. The number of nitrogens with one attached hydrogen (secondary N) is 1. The van der Waals surface area contributed by atoms with Gasteiger partial charge >= 0.3 is 0 Å². The van der Waals surface area contributed by atoms with Crippen LogP contribution in [0.1, 0.15) is 6.92 Å². The number of anilines is 2. The quantitative estimate of drug-likeness (QED) is 0.607. The molecule has 2 aromatic carbocycles. The number of carbonyl (C=O) groups is 1. The molecule has 1 N–H and O–H groups in total. The zero-order valence-electron chi connectivity index (χ0n) is 15.3. The number of amides is 1. The molecule has 28 heavy (non-hydrogen) atoms. The Morgan fingerprint density at radius 2 is 1.82 bits per heavy atom. The molecule has 0 aliphatic carbocycles. The molecule has 0 unspecified atom stereocenters. The molecule has 0 spiro atoms. The maximum Gasteiger partial charge on any atom is 0.294 e. The molecule has 0 saturated carbocycles. The van der Waals surface area contributed by atoms with Crippen molar-refractivity contribution in [3.63, 3.8) is 0 Å². The molecule has 7 nitrogen and oxygen atoms in total. The summed E-state index contributed by atoms with van der Waals surface area (Å²) in [5.41, 5.74) is 1.04. The standard InChI is InChI=1S/C19H20ClFN4O3/c1-13(19(26)22-16-5-3-15(21)4-6-16)23-8-10-24(11-9-23)17-7-2-14(20)12-18(17)25(27)28/h2-7,12-13H,8-11H2,1H3,(H,22,26)/t13-/m0/s1. The molecule has 0 aromatic heterocycles. The lowest BCUT2D eigenvalue weighted by Gasteiger charge is -2.38. The van der Waals surface area contributed by atoms with Crippen molar-refractivity contribution in [1.29, 1.82) is 0 Å². The third-order valence-electron chi connectivity index (χ3n) is 4.83. The summed E-state index contributed by atoms with van der Waals surface area (Å²) in [6, 6.07) is 9.86. The zero-order chi connectivity index (χ0) is 20.3. The highest BCUT2D eigenvalue weighted by Crippen LogP contribution is 2.31. The number of nitrogens with zero attached hydrogens (tertiary/aromatic N) is 3. The van der Waals surface area contributed by atoms with Crippen LogP contribution in [0.4, 0.5) is 21.5 Å². The molecule has 9 heteroatoms. The van der Waals surface area contributed by atoms with E-state index in [1.54, 1.807) is 19.1 Å². The largest absolute Gasteiger partial charge is 0.363 e. The van der Waals surface area contributed by atoms with Crippen molar-refractivity contribution in [1.82, 2.24) is 4.90 Å². The number of rotatable bonds is 5. The van der Waals surface area contributed by atoms with E-state index in [-0.39, 0.29) is 23.5 Å². The maximum absolute atomic E-state index is 13.0. The fourth-order valence-electron chi connectivity index (χ4n) is 3.21. The molecule has 1 amide bonds. The van der Waals surface area contributed by atoms with E-state index < -0.39 is 4.92 Å². The van der Waals surface area contributed by atoms with Crippen LogP contribution < -0.4 is 10.2 Å². The van der Waals surface area contributed by atoms with Gasteiger partial charge in [0.05, 0.1) is 11.0 Å². The summed E-state index contributed by atoms with van der Waals surface area (Å²) >= 11 is 5.88. The average molecular weight is 407 g/mol. The second-order valence-corrected chi connectivity index (χ2v) is 7.02. The van der Waals surface area contributed by atoms with Gasteiger partial charge in [0, 0.05) is 43.0 Å². The lowest BCUT2D eigenvalue weighted by molar-refractivity contribution is -0.384. The van der Waals surface area contributed by atoms with E-state index in [2.05, 4.69) is 5.32 Å². The number of nitro benzene ring substituents is 1. The van der Waals surface area contributed by atoms with Gasteiger partial charge in [-0.15, -0.1) is 0 Å². The van der Waals surface area contributed by atoms with Crippen molar-refractivity contribution in [2.75, 3.05) is 36.4 Å². The number of halogens is 2. The van der Waals surface area contributed by atoms with Gasteiger partial charge in [0.1, 0.15) is 11.5 Å². The Morgan fingerprint density at radius 1 is 1.18 bits per heavy atom. The van der Waals surface area contributed by atoms with Gasteiger partial charge in [0.25, 0.3) is 5.69 Å². The highest BCUT2D eigenvalue weighted by atomic mass is 35.5. The first-order valence-electron chi connectivity index (χ1n) is 8.84. The fraction of sp³-hybridized carbons (Fsp3) is 0.316. The highest BCUT2D eigenvalue weighted by Gasteiger charge is 2.28. The zero-order valence-corrected chi connectivity index (χ0v) is 16.0. The van der Waals surface area contributed by atoms with Gasteiger partial charge in [0.2, 0.25) is 5.91 Å². The van der Waals surface area contributed by atoms with Crippen LogP contribution in [0.2, 0.25) is 5.02 Å². The lowest BCUT2D eigenvalue weighted by Crippen LogP contribution is -2.53. The van der Waals surface area contributed by atoms with E-state index in [1.165, 1.54) is 30.3 Å². The second kappa shape index (κ2) is 8.53. The number of hydrogen-bond acceptors (Lipinski definition) is 5. The number of nitro groups is 1. The summed E-state index contributed by atoms with van der Waals surface area (Å²) in [4.78, 5) is 27.3. The van der Waals surface area contributed by atoms with Gasteiger partial charge in [-0.05, 0) is 43.3 Å².